The zero-order valence-electron chi connectivity index (χ0n) is 14.8. The number of nitrogens with zero attached hydrogens (tertiary/aromatic N) is 1. The topological polar surface area (TPSA) is 66.5 Å². The Kier molecular flexibility index (Phi) is 5.45. The lowest BCUT2D eigenvalue weighted by molar-refractivity contribution is -0.153. The maximum absolute atomic E-state index is 13.4. The van der Waals surface area contributed by atoms with E-state index in [2.05, 4.69) is 5.32 Å². The molecule has 0 aromatic heterocycles. The molecular weight excluding hydrogens is 404 g/mol. The van der Waals surface area contributed by atoms with E-state index in [1.165, 1.54) is 4.90 Å². The molecule has 2 aliphatic heterocycles. The van der Waals surface area contributed by atoms with Gasteiger partial charge >= 0.3 is 0 Å². The maximum atomic E-state index is 13.4. The molecule has 1 aliphatic carbocycles. The molecule has 4 rings (SSSR count). The number of anilines is 1. The Bertz CT molecular complexity index is 758. The van der Waals surface area contributed by atoms with Gasteiger partial charge in [0.05, 0.1) is 10.7 Å². The van der Waals surface area contributed by atoms with Gasteiger partial charge in [0.25, 0.3) is 5.91 Å². The van der Waals surface area contributed by atoms with Crippen LogP contribution in [0.1, 0.15) is 32.1 Å². The minimum Gasteiger partial charge on any atom is -0.323 e. The molecule has 2 saturated heterocycles. The molecule has 3 fully saturated rings. The number of rotatable bonds is 3. The summed E-state index contributed by atoms with van der Waals surface area (Å²) in [6.45, 7) is 0. The van der Waals surface area contributed by atoms with Crippen LogP contribution in [-0.4, -0.2) is 50.2 Å². The summed E-state index contributed by atoms with van der Waals surface area (Å²) in [4.78, 5) is 41.0. The van der Waals surface area contributed by atoms with Crippen molar-refractivity contribution in [3.8, 4) is 0 Å². The Morgan fingerprint density at radius 3 is 2.22 bits per heavy atom. The van der Waals surface area contributed by atoms with Crippen molar-refractivity contribution in [2.45, 2.75) is 48.1 Å². The number of carbonyl (C=O) groups excluding carboxylic acids is 3. The molecule has 0 spiro atoms. The molecule has 2 unspecified atom stereocenters. The molecule has 0 bridgehead atoms. The fourth-order valence-electron chi connectivity index (χ4n) is 4.20. The van der Waals surface area contributed by atoms with E-state index in [-0.39, 0.29) is 28.2 Å². The molecule has 1 aromatic rings. The van der Waals surface area contributed by atoms with Crippen molar-refractivity contribution in [1.82, 2.24) is 4.90 Å². The van der Waals surface area contributed by atoms with Crippen LogP contribution in [0.2, 0.25) is 5.02 Å². The van der Waals surface area contributed by atoms with E-state index in [1.54, 1.807) is 47.8 Å². The summed E-state index contributed by atoms with van der Waals surface area (Å²) in [6, 6.07) is 7.03. The van der Waals surface area contributed by atoms with Gasteiger partial charge in [0.1, 0.15) is 16.0 Å². The molecule has 1 saturated carbocycles. The molecule has 3 aliphatic rings. The number of likely N-dealkylation sites (tertiary alicyclic amines) is 1. The first-order valence-electron chi connectivity index (χ1n) is 9.22. The van der Waals surface area contributed by atoms with Gasteiger partial charge in [0, 0.05) is 11.5 Å². The zero-order chi connectivity index (χ0) is 19.0. The van der Waals surface area contributed by atoms with Gasteiger partial charge in [-0.15, -0.1) is 23.5 Å². The van der Waals surface area contributed by atoms with Crippen molar-refractivity contribution >= 4 is 58.5 Å². The normalized spacial score (nSPS) is 27.4. The molecule has 2 atom stereocenters. The smallest absolute Gasteiger partial charge is 0.250 e. The van der Waals surface area contributed by atoms with E-state index >= 15 is 0 Å². The van der Waals surface area contributed by atoms with Crippen LogP contribution in [0.5, 0.6) is 0 Å². The molecule has 1 N–H and O–H groups in total. The van der Waals surface area contributed by atoms with Crippen molar-refractivity contribution in [3.05, 3.63) is 29.3 Å². The Morgan fingerprint density at radius 2 is 1.63 bits per heavy atom. The number of hydrogen-bond donors (Lipinski definition) is 1. The molecule has 1 aromatic carbocycles. The lowest BCUT2D eigenvalue weighted by Crippen LogP contribution is -2.60. The second kappa shape index (κ2) is 7.68. The van der Waals surface area contributed by atoms with Crippen molar-refractivity contribution in [2.24, 2.45) is 0 Å². The van der Waals surface area contributed by atoms with E-state index in [1.807, 2.05) is 0 Å². The summed E-state index contributed by atoms with van der Waals surface area (Å²) in [5.74, 6) is 1.03. The SMILES string of the molecule is O=C1C2SCCSC2C(=O)N1C1(C(=O)Nc2ccccc2Cl)CCCCC1. The number of fused-ring (bicyclic) bond motifs is 1. The Balaban J connectivity index is 1.68. The lowest BCUT2D eigenvalue weighted by atomic mass is 9.79. The molecule has 27 heavy (non-hydrogen) atoms. The van der Waals surface area contributed by atoms with Crippen molar-refractivity contribution in [1.29, 1.82) is 0 Å². The Labute approximate surface area is 172 Å². The third-order valence-corrected chi connectivity index (χ3v) is 8.84. The fourth-order valence-corrected chi connectivity index (χ4v) is 7.21. The Morgan fingerprint density at radius 1 is 1.04 bits per heavy atom. The van der Waals surface area contributed by atoms with Crippen molar-refractivity contribution in [3.63, 3.8) is 0 Å². The van der Waals surface area contributed by atoms with Crippen LogP contribution < -0.4 is 5.32 Å². The lowest BCUT2D eigenvalue weighted by Gasteiger charge is -2.42. The number of halogens is 1. The number of imide groups is 1. The number of carbonyl (C=O) groups is 3. The van der Waals surface area contributed by atoms with Crippen LogP contribution in [0.3, 0.4) is 0 Å². The van der Waals surface area contributed by atoms with Gasteiger partial charge in [-0.2, -0.15) is 0 Å². The van der Waals surface area contributed by atoms with E-state index in [0.29, 0.717) is 23.6 Å². The summed E-state index contributed by atoms with van der Waals surface area (Å²) in [6.07, 6.45) is 3.67. The molecule has 0 radical (unpaired) electrons. The predicted molar refractivity (Wildman–Crippen MR) is 110 cm³/mol. The van der Waals surface area contributed by atoms with Gasteiger partial charge in [-0.3, -0.25) is 19.3 Å². The molecule has 144 valence electrons. The van der Waals surface area contributed by atoms with Crippen LogP contribution in [0, 0.1) is 0 Å². The van der Waals surface area contributed by atoms with E-state index < -0.39 is 5.54 Å². The number of hydrogen-bond acceptors (Lipinski definition) is 5. The maximum Gasteiger partial charge on any atom is 0.250 e. The predicted octanol–water partition coefficient (Wildman–Crippen LogP) is 3.57. The van der Waals surface area contributed by atoms with Gasteiger partial charge in [0.2, 0.25) is 11.8 Å². The number of para-hydroxylation sites is 1. The van der Waals surface area contributed by atoms with Gasteiger partial charge in [-0.25, -0.2) is 0 Å². The van der Waals surface area contributed by atoms with Gasteiger partial charge in [-0.1, -0.05) is 43.0 Å². The average Bonchev–Trinajstić information content (AvgIpc) is 2.95. The monoisotopic (exact) mass is 424 g/mol. The molecular formula is C19H21ClN2O3S2. The van der Waals surface area contributed by atoms with Crippen LogP contribution in [0.15, 0.2) is 24.3 Å². The van der Waals surface area contributed by atoms with Crippen LogP contribution in [0.4, 0.5) is 5.69 Å². The van der Waals surface area contributed by atoms with E-state index in [0.717, 1.165) is 30.8 Å². The van der Waals surface area contributed by atoms with Gasteiger partial charge in [0.15, 0.2) is 0 Å². The number of amides is 3. The average molecular weight is 425 g/mol. The number of nitrogens with one attached hydrogen (secondary N) is 1. The highest BCUT2D eigenvalue weighted by Gasteiger charge is 2.59. The minimum absolute atomic E-state index is 0.196. The van der Waals surface area contributed by atoms with Gasteiger partial charge < -0.3 is 5.32 Å². The molecule has 3 amide bonds. The van der Waals surface area contributed by atoms with Crippen molar-refractivity contribution < 1.29 is 14.4 Å². The van der Waals surface area contributed by atoms with Crippen LogP contribution in [-0.2, 0) is 14.4 Å². The van der Waals surface area contributed by atoms with Crippen molar-refractivity contribution in [2.75, 3.05) is 16.8 Å². The summed E-state index contributed by atoms with van der Waals surface area (Å²) < 4.78 is 0. The second-order valence-corrected chi connectivity index (χ2v) is 10.0. The minimum atomic E-state index is -1.11. The summed E-state index contributed by atoms with van der Waals surface area (Å²) in [7, 11) is 0. The number of benzene rings is 1. The largest absolute Gasteiger partial charge is 0.323 e. The quantitative estimate of drug-likeness (QED) is 0.751. The summed E-state index contributed by atoms with van der Waals surface area (Å²) in [5.41, 5.74) is -0.598. The van der Waals surface area contributed by atoms with Crippen LogP contribution in [0.25, 0.3) is 0 Å². The third-order valence-electron chi connectivity index (χ3n) is 5.53. The fraction of sp³-hybridized carbons (Fsp3) is 0.526. The van der Waals surface area contributed by atoms with Crippen LogP contribution >= 0.6 is 35.1 Å². The zero-order valence-corrected chi connectivity index (χ0v) is 17.2. The van der Waals surface area contributed by atoms with Gasteiger partial charge in [-0.05, 0) is 25.0 Å². The third kappa shape index (κ3) is 3.28. The van der Waals surface area contributed by atoms with E-state index in [9.17, 15) is 14.4 Å². The molecule has 8 heteroatoms. The molecule has 5 nitrogen and oxygen atoms in total. The number of thioether (sulfide) groups is 2. The first-order chi connectivity index (χ1) is 13.0. The first kappa shape index (κ1) is 19.2. The summed E-state index contributed by atoms with van der Waals surface area (Å²) >= 11 is 9.29. The first-order valence-corrected chi connectivity index (χ1v) is 11.7. The van der Waals surface area contributed by atoms with E-state index in [4.69, 9.17) is 11.6 Å². The standard InChI is InChI=1S/C19H21ClN2O3S2/c20-12-6-2-3-7-13(12)21-18(25)19(8-4-1-5-9-19)22-16(23)14-15(17(22)24)27-11-10-26-14/h2-3,6-7,14-15H,1,4-5,8-11H2,(H,21,25). The summed E-state index contributed by atoms with van der Waals surface area (Å²) in [5, 5.41) is 2.61. The Hall–Kier alpha value is -1.18. The highest BCUT2D eigenvalue weighted by Crippen LogP contribution is 2.45. The highest BCUT2D eigenvalue weighted by molar-refractivity contribution is 8.08. The highest BCUT2D eigenvalue weighted by atomic mass is 35.5. The molecule has 2 heterocycles. The second-order valence-electron chi connectivity index (χ2n) is 7.12.